The topological polar surface area (TPSA) is 26.3 Å². The van der Waals surface area contributed by atoms with Gasteiger partial charge in [0.2, 0.25) is 0 Å². The highest BCUT2D eigenvalue weighted by Gasteiger charge is 2.51. The molecular formula is C15H20O2. The van der Waals surface area contributed by atoms with Crippen molar-refractivity contribution in [2.45, 2.75) is 52.1 Å². The number of carbonyl (C=O) groups is 1. The number of rotatable bonds is 0. The number of ether oxygens (including phenoxy) is 1. The molecule has 3 aliphatic rings. The Labute approximate surface area is 103 Å². The van der Waals surface area contributed by atoms with Crippen molar-refractivity contribution in [1.82, 2.24) is 0 Å². The number of esters is 1. The van der Waals surface area contributed by atoms with E-state index < -0.39 is 0 Å². The minimum absolute atomic E-state index is 0.00838. The highest BCUT2D eigenvalue weighted by Crippen LogP contribution is 2.55. The van der Waals surface area contributed by atoms with Crippen molar-refractivity contribution in [3.8, 4) is 0 Å². The molecule has 0 aromatic carbocycles. The minimum Gasteiger partial charge on any atom is -0.454 e. The van der Waals surface area contributed by atoms with Gasteiger partial charge in [0.25, 0.3) is 0 Å². The molecule has 2 heteroatoms. The molecule has 2 nitrogen and oxygen atoms in total. The van der Waals surface area contributed by atoms with Crippen molar-refractivity contribution < 1.29 is 9.53 Å². The van der Waals surface area contributed by atoms with Gasteiger partial charge in [0.15, 0.2) is 0 Å². The summed E-state index contributed by atoms with van der Waals surface area (Å²) in [6.45, 7) is 8.46. The van der Waals surface area contributed by atoms with E-state index in [1.165, 1.54) is 30.4 Å². The van der Waals surface area contributed by atoms with Crippen molar-refractivity contribution >= 4 is 5.97 Å². The van der Waals surface area contributed by atoms with Crippen LogP contribution in [0, 0.1) is 11.3 Å². The Morgan fingerprint density at radius 3 is 2.94 bits per heavy atom. The van der Waals surface area contributed by atoms with Gasteiger partial charge in [-0.25, -0.2) is 4.79 Å². The average molecular weight is 232 g/mol. The van der Waals surface area contributed by atoms with Crippen molar-refractivity contribution in [2.75, 3.05) is 0 Å². The summed E-state index contributed by atoms with van der Waals surface area (Å²) in [5.74, 6) is 0.0775. The second kappa shape index (κ2) is 3.47. The van der Waals surface area contributed by atoms with Crippen LogP contribution < -0.4 is 0 Å². The van der Waals surface area contributed by atoms with Gasteiger partial charge in [-0.2, -0.15) is 0 Å². The van der Waals surface area contributed by atoms with Gasteiger partial charge in [-0.05, 0) is 50.0 Å². The van der Waals surface area contributed by atoms with Gasteiger partial charge in [-0.1, -0.05) is 19.1 Å². The van der Waals surface area contributed by atoms with Crippen molar-refractivity contribution in [3.63, 3.8) is 0 Å². The lowest BCUT2D eigenvalue weighted by atomic mass is 9.60. The van der Waals surface area contributed by atoms with Gasteiger partial charge >= 0.3 is 5.97 Å². The highest BCUT2D eigenvalue weighted by atomic mass is 16.6. The summed E-state index contributed by atoms with van der Waals surface area (Å²) in [5, 5.41) is 0. The van der Waals surface area contributed by atoms with Crippen LogP contribution in [0.25, 0.3) is 0 Å². The molecule has 0 aromatic heterocycles. The van der Waals surface area contributed by atoms with Crippen LogP contribution in [0.5, 0.6) is 0 Å². The normalized spacial score (nSPS) is 41.1. The molecule has 0 radical (unpaired) electrons. The standard InChI is InChI=1S/C15H20O2/c1-9-5-4-7-15(3)8-6-11-10(2)14(16)17-13(11)12(9)15/h11,13H,2,4-8H2,1,3H3/t11-,13?,15?/m1/s1. The predicted octanol–water partition coefficient (Wildman–Crippen LogP) is 3.38. The molecule has 17 heavy (non-hydrogen) atoms. The molecule has 3 atom stereocenters. The molecule has 92 valence electrons. The lowest BCUT2D eigenvalue weighted by Crippen LogP contribution is -2.39. The quantitative estimate of drug-likeness (QED) is 0.363. The molecule has 3 rings (SSSR count). The predicted molar refractivity (Wildman–Crippen MR) is 66.4 cm³/mol. The third-order valence-corrected chi connectivity index (χ3v) is 4.99. The van der Waals surface area contributed by atoms with Crippen LogP contribution in [-0.4, -0.2) is 12.1 Å². The minimum atomic E-state index is -0.171. The summed E-state index contributed by atoms with van der Waals surface area (Å²) in [6.07, 6.45) is 5.93. The number of hydrogen-bond donors (Lipinski definition) is 0. The van der Waals surface area contributed by atoms with E-state index in [-0.39, 0.29) is 23.4 Å². The maximum absolute atomic E-state index is 11.7. The Morgan fingerprint density at radius 1 is 1.41 bits per heavy atom. The molecule has 2 aliphatic carbocycles. The number of carbonyl (C=O) groups excluding carboxylic acids is 1. The first-order valence-corrected chi connectivity index (χ1v) is 6.63. The first-order valence-electron chi connectivity index (χ1n) is 6.63. The molecule has 2 unspecified atom stereocenters. The number of fused-ring (bicyclic) bond motifs is 3. The Bertz CT molecular complexity index is 432. The van der Waals surface area contributed by atoms with E-state index in [0.29, 0.717) is 5.57 Å². The lowest BCUT2D eigenvalue weighted by Gasteiger charge is -2.45. The Kier molecular flexibility index (Phi) is 2.26. The summed E-state index contributed by atoms with van der Waals surface area (Å²) in [7, 11) is 0. The largest absolute Gasteiger partial charge is 0.454 e. The molecular weight excluding hydrogens is 212 g/mol. The van der Waals surface area contributed by atoms with Crippen LogP contribution in [0.2, 0.25) is 0 Å². The van der Waals surface area contributed by atoms with Gasteiger partial charge in [0.1, 0.15) is 6.10 Å². The summed E-state index contributed by atoms with van der Waals surface area (Å²) in [6, 6.07) is 0. The van der Waals surface area contributed by atoms with E-state index in [2.05, 4.69) is 20.4 Å². The number of allylic oxidation sites excluding steroid dienone is 1. The van der Waals surface area contributed by atoms with E-state index in [9.17, 15) is 4.79 Å². The van der Waals surface area contributed by atoms with Crippen molar-refractivity contribution in [1.29, 1.82) is 0 Å². The Hall–Kier alpha value is -1.05. The zero-order chi connectivity index (χ0) is 12.2. The molecule has 0 spiro atoms. The monoisotopic (exact) mass is 232 g/mol. The van der Waals surface area contributed by atoms with Crippen LogP contribution in [-0.2, 0) is 9.53 Å². The van der Waals surface area contributed by atoms with Crippen LogP contribution in [0.4, 0.5) is 0 Å². The molecule has 1 heterocycles. The van der Waals surface area contributed by atoms with Crippen LogP contribution in [0.15, 0.2) is 23.3 Å². The van der Waals surface area contributed by atoms with E-state index in [4.69, 9.17) is 4.74 Å². The van der Waals surface area contributed by atoms with Crippen LogP contribution in [0.3, 0.4) is 0 Å². The first-order chi connectivity index (χ1) is 8.03. The molecule has 0 N–H and O–H groups in total. The Morgan fingerprint density at radius 2 is 2.18 bits per heavy atom. The molecule has 1 saturated heterocycles. The van der Waals surface area contributed by atoms with Gasteiger partial charge in [0.05, 0.1) is 0 Å². The smallest absolute Gasteiger partial charge is 0.334 e. The average Bonchev–Trinajstić information content (AvgIpc) is 2.54. The molecule has 0 aromatic rings. The summed E-state index contributed by atoms with van der Waals surface area (Å²) in [4.78, 5) is 11.7. The van der Waals surface area contributed by atoms with Gasteiger partial charge in [-0.3, -0.25) is 0 Å². The fourth-order valence-electron chi connectivity index (χ4n) is 4.04. The molecule has 2 fully saturated rings. The van der Waals surface area contributed by atoms with E-state index in [1.54, 1.807) is 0 Å². The zero-order valence-electron chi connectivity index (χ0n) is 10.7. The van der Waals surface area contributed by atoms with Crippen molar-refractivity contribution in [2.24, 2.45) is 11.3 Å². The van der Waals surface area contributed by atoms with Gasteiger partial charge in [-0.15, -0.1) is 0 Å². The van der Waals surface area contributed by atoms with E-state index in [0.717, 1.165) is 12.8 Å². The highest BCUT2D eigenvalue weighted by molar-refractivity contribution is 5.91. The summed E-state index contributed by atoms with van der Waals surface area (Å²) < 4.78 is 5.59. The molecule has 1 aliphatic heterocycles. The third-order valence-electron chi connectivity index (χ3n) is 4.99. The second-order valence-electron chi connectivity index (χ2n) is 6.10. The third kappa shape index (κ3) is 1.42. The fourth-order valence-corrected chi connectivity index (χ4v) is 4.04. The van der Waals surface area contributed by atoms with Crippen LogP contribution in [0.1, 0.15) is 46.0 Å². The van der Waals surface area contributed by atoms with Gasteiger partial charge in [0, 0.05) is 11.5 Å². The van der Waals surface area contributed by atoms with Crippen LogP contribution >= 0.6 is 0 Å². The van der Waals surface area contributed by atoms with E-state index in [1.807, 2.05) is 0 Å². The summed E-state index contributed by atoms with van der Waals surface area (Å²) in [5.41, 5.74) is 3.85. The first kappa shape index (κ1) is 11.1. The molecule has 0 amide bonds. The van der Waals surface area contributed by atoms with Crippen molar-refractivity contribution in [3.05, 3.63) is 23.3 Å². The maximum Gasteiger partial charge on any atom is 0.334 e. The maximum atomic E-state index is 11.7. The fraction of sp³-hybridized carbons (Fsp3) is 0.667. The zero-order valence-corrected chi connectivity index (χ0v) is 10.7. The van der Waals surface area contributed by atoms with Gasteiger partial charge < -0.3 is 4.74 Å². The van der Waals surface area contributed by atoms with E-state index >= 15 is 0 Å². The lowest BCUT2D eigenvalue weighted by molar-refractivity contribution is -0.138. The molecule has 0 bridgehead atoms. The second-order valence-corrected chi connectivity index (χ2v) is 6.10. The number of hydrogen-bond acceptors (Lipinski definition) is 2. The SMILES string of the molecule is C=C1C(=O)OC2C3=C(C)CCCC3(C)CC[C@H]12. The molecule has 1 saturated carbocycles. The summed E-state index contributed by atoms with van der Waals surface area (Å²) >= 11 is 0. The Balaban J connectivity index is 2.06.